The van der Waals surface area contributed by atoms with Gasteiger partial charge in [0.15, 0.2) is 0 Å². The molecule has 6 nitrogen and oxygen atoms in total. The van der Waals surface area contributed by atoms with Gasteiger partial charge in [0.25, 0.3) is 0 Å². The number of methoxy groups -OCH3 is 1. The summed E-state index contributed by atoms with van der Waals surface area (Å²) in [5.41, 5.74) is 0.921. The third-order valence-corrected chi connectivity index (χ3v) is 3.61. The Balaban J connectivity index is 2.29. The second-order valence-corrected chi connectivity index (χ2v) is 5.51. The van der Waals surface area contributed by atoms with E-state index in [9.17, 15) is 9.59 Å². The Morgan fingerprint density at radius 1 is 1.35 bits per heavy atom. The Hall–Kier alpha value is -1.79. The number of ether oxygens (including phenoxy) is 2. The van der Waals surface area contributed by atoms with Crippen LogP contribution in [0.1, 0.15) is 24.8 Å². The van der Waals surface area contributed by atoms with Crippen LogP contribution in [0, 0.1) is 6.92 Å². The van der Waals surface area contributed by atoms with Crippen molar-refractivity contribution >= 4 is 23.5 Å². The highest BCUT2D eigenvalue weighted by Crippen LogP contribution is 2.21. The number of benzene rings is 1. The average molecular weight is 344 g/mol. The van der Waals surface area contributed by atoms with Crippen LogP contribution in [0.5, 0.6) is 5.75 Å². The molecule has 1 aromatic rings. The molecule has 1 aromatic carbocycles. The second kappa shape index (κ2) is 10.1. The highest BCUT2D eigenvalue weighted by molar-refractivity contribution is 6.31. The lowest BCUT2D eigenvalue weighted by Crippen LogP contribution is -2.41. The molecule has 2 N–H and O–H groups in total. The summed E-state index contributed by atoms with van der Waals surface area (Å²) < 4.78 is 10.4. The standard InChI is InChI=1S/C16H22ClNO5/c1-11-10-12(5-6-13(11)17)23-8-3-4-15(19)18-14(16(20)21)7-9-22-2/h5-6,10,14H,3-4,7-9H2,1-2H3,(H,18,19)(H,20,21). The molecule has 128 valence electrons. The number of aliphatic carboxylic acids is 1. The topological polar surface area (TPSA) is 84.9 Å². The van der Waals surface area contributed by atoms with Crippen LogP contribution in [0.2, 0.25) is 5.02 Å². The van der Waals surface area contributed by atoms with Gasteiger partial charge in [0.2, 0.25) is 5.91 Å². The number of hydrogen-bond donors (Lipinski definition) is 2. The summed E-state index contributed by atoms with van der Waals surface area (Å²) in [6.07, 6.45) is 0.922. The van der Waals surface area contributed by atoms with Gasteiger partial charge in [-0.3, -0.25) is 4.79 Å². The largest absolute Gasteiger partial charge is 0.494 e. The number of carbonyl (C=O) groups is 2. The molecule has 0 aromatic heterocycles. The number of carboxylic acids is 1. The zero-order valence-electron chi connectivity index (χ0n) is 13.3. The van der Waals surface area contributed by atoms with Gasteiger partial charge in [0.1, 0.15) is 11.8 Å². The maximum absolute atomic E-state index is 11.7. The van der Waals surface area contributed by atoms with Crippen molar-refractivity contribution in [3.05, 3.63) is 28.8 Å². The molecular weight excluding hydrogens is 322 g/mol. The quantitative estimate of drug-likeness (QED) is 0.637. The lowest BCUT2D eigenvalue weighted by Gasteiger charge is -2.14. The Labute approximate surface area is 140 Å². The van der Waals surface area contributed by atoms with E-state index >= 15 is 0 Å². The number of nitrogens with one attached hydrogen (secondary N) is 1. The molecule has 0 radical (unpaired) electrons. The van der Waals surface area contributed by atoms with Crippen molar-refractivity contribution in [3.8, 4) is 5.75 Å². The predicted octanol–water partition coefficient (Wildman–Crippen LogP) is 2.41. The van der Waals surface area contributed by atoms with E-state index in [1.807, 2.05) is 13.0 Å². The smallest absolute Gasteiger partial charge is 0.326 e. The summed E-state index contributed by atoms with van der Waals surface area (Å²) >= 11 is 5.93. The van der Waals surface area contributed by atoms with Crippen LogP contribution in [-0.4, -0.2) is 43.3 Å². The Morgan fingerprint density at radius 2 is 2.09 bits per heavy atom. The van der Waals surface area contributed by atoms with E-state index in [2.05, 4.69) is 5.32 Å². The first-order chi connectivity index (χ1) is 10.9. The first kappa shape index (κ1) is 19.3. The summed E-state index contributed by atoms with van der Waals surface area (Å²) in [6, 6.07) is 4.42. The van der Waals surface area contributed by atoms with E-state index in [-0.39, 0.29) is 25.4 Å². The summed E-state index contributed by atoms with van der Waals surface area (Å²) in [4.78, 5) is 22.8. The Bertz CT molecular complexity index is 535. The van der Waals surface area contributed by atoms with E-state index in [0.29, 0.717) is 23.8 Å². The molecule has 1 rings (SSSR count). The molecule has 0 aliphatic carbocycles. The van der Waals surface area contributed by atoms with Gasteiger partial charge < -0.3 is 19.9 Å². The van der Waals surface area contributed by atoms with Crippen LogP contribution in [0.4, 0.5) is 0 Å². The molecule has 1 amide bonds. The summed E-state index contributed by atoms with van der Waals surface area (Å²) in [5.74, 6) is -0.691. The van der Waals surface area contributed by atoms with Crippen LogP contribution < -0.4 is 10.1 Å². The fourth-order valence-corrected chi connectivity index (χ4v) is 2.01. The molecule has 0 saturated heterocycles. The fraction of sp³-hybridized carbons (Fsp3) is 0.500. The van der Waals surface area contributed by atoms with Crippen LogP contribution in [-0.2, 0) is 14.3 Å². The van der Waals surface area contributed by atoms with Crippen LogP contribution in [0.25, 0.3) is 0 Å². The lowest BCUT2D eigenvalue weighted by molar-refractivity contribution is -0.142. The maximum Gasteiger partial charge on any atom is 0.326 e. The van der Waals surface area contributed by atoms with Crippen molar-refractivity contribution in [2.24, 2.45) is 0 Å². The maximum atomic E-state index is 11.7. The van der Waals surface area contributed by atoms with Crippen molar-refractivity contribution in [2.75, 3.05) is 20.3 Å². The predicted molar refractivity (Wildman–Crippen MR) is 87.0 cm³/mol. The van der Waals surface area contributed by atoms with Gasteiger partial charge in [-0.15, -0.1) is 0 Å². The molecule has 0 saturated carbocycles. The first-order valence-corrected chi connectivity index (χ1v) is 7.72. The van der Waals surface area contributed by atoms with Crippen molar-refractivity contribution in [1.82, 2.24) is 5.32 Å². The van der Waals surface area contributed by atoms with Crippen molar-refractivity contribution in [1.29, 1.82) is 0 Å². The Kier molecular flexibility index (Phi) is 8.43. The fourth-order valence-electron chi connectivity index (χ4n) is 1.89. The zero-order valence-corrected chi connectivity index (χ0v) is 14.1. The van der Waals surface area contributed by atoms with Gasteiger partial charge >= 0.3 is 5.97 Å². The van der Waals surface area contributed by atoms with E-state index in [0.717, 1.165) is 5.56 Å². The summed E-state index contributed by atoms with van der Waals surface area (Å²) in [6.45, 7) is 2.52. The highest BCUT2D eigenvalue weighted by Gasteiger charge is 2.19. The summed E-state index contributed by atoms with van der Waals surface area (Å²) in [5, 5.41) is 12.2. The summed E-state index contributed by atoms with van der Waals surface area (Å²) in [7, 11) is 1.48. The minimum atomic E-state index is -1.07. The number of hydrogen-bond acceptors (Lipinski definition) is 4. The zero-order chi connectivity index (χ0) is 17.2. The first-order valence-electron chi connectivity index (χ1n) is 7.34. The minimum absolute atomic E-state index is 0.198. The third-order valence-electron chi connectivity index (χ3n) is 3.19. The monoisotopic (exact) mass is 343 g/mol. The molecule has 0 aliphatic rings. The van der Waals surface area contributed by atoms with Gasteiger partial charge in [-0.2, -0.15) is 0 Å². The minimum Gasteiger partial charge on any atom is -0.494 e. The number of halogens is 1. The Morgan fingerprint density at radius 3 is 2.70 bits per heavy atom. The van der Waals surface area contributed by atoms with E-state index in [1.54, 1.807) is 12.1 Å². The van der Waals surface area contributed by atoms with Crippen molar-refractivity contribution in [2.45, 2.75) is 32.2 Å². The SMILES string of the molecule is COCCC(NC(=O)CCCOc1ccc(Cl)c(C)c1)C(=O)O. The van der Waals surface area contributed by atoms with Gasteiger partial charge in [-0.25, -0.2) is 4.79 Å². The molecule has 7 heteroatoms. The van der Waals surface area contributed by atoms with Crippen molar-refractivity contribution < 1.29 is 24.2 Å². The van der Waals surface area contributed by atoms with Gasteiger partial charge in [-0.1, -0.05) is 11.6 Å². The number of amides is 1. The molecule has 0 heterocycles. The van der Waals surface area contributed by atoms with E-state index < -0.39 is 12.0 Å². The molecule has 0 spiro atoms. The van der Waals surface area contributed by atoms with Crippen molar-refractivity contribution in [3.63, 3.8) is 0 Å². The average Bonchev–Trinajstić information content (AvgIpc) is 2.51. The van der Waals surface area contributed by atoms with E-state index in [4.69, 9.17) is 26.2 Å². The molecule has 0 bridgehead atoms. The van der Waals surface area contributed by atoms with E-state index in [1.165, 1.54) is 7.11 Å². The van der Waals surface area contributed by atoms with Crippen LogP contribution in [0.15, 0.2) is 18.2 Å². The van der Waals surface area contributed by atoms with Gasteiger partial charge in [0.05, 0.1) is 6.61 Å². The normalized spacial score (nSPS) is 11.8. The second-order valence-electron chi connectivity index (χ2n) is 5.10. The van der Waals surface area contributed by atoms with Gasteiger partial charge in [-0.05, 0) is 37.1 Å². The molecule has 1 atom stereocenters. The molecule has 23 heavy (non-hydrogen) atoms. The molecule has 1 unspecified atom stereocenters. The third kappa shape index (κ3) is 7.34. The number of rotatable bonds is 10. The lowest BCUT2D eigenvalue weighted by atomic mass is 10.2. The van der Waals surface area contributed by atoms with Gasteiger partial charge in [0, 0.05) is 31.6 Å². The number of carbonyl (C=O) groups excluding carboxylic acids is 1. The van der Waals surface area contributed by atoms with Crippen LogP contribution >= 0.6 is 11.6 Å². The molecule has 0 fully saturated rings. The number of carboxylic acid groups (broad SMARTS) is 1. The number of aryl methyl sites for hydroxylation is 1. The highest BCUT2D eigenvalue weighted by atomic mass is 35.5. The molecular formula is C16H22ClNO5. The molecule has 0 aliphatic heterocycles. The van der Waals surface area contributed by atoms with Crippen LogP contribution in [0.3, 0.4) is 0 Å².